The molecule has 1 atom stereocenters. The molecular weight excluding hydrogens is 166 g/mol. The van der Waals surface area contributed by atoms with Gasteiger partial charge < -0.3 is 14.8 Å². The van der Waals surface area contributed by atoms with Crippen LogP contribution in [0.15, 0.2) is 0 Å². The number of hydrogen-bond donors (Lipinski definition) is 1. The highest BCUT2D eigenvalue weighted by molar-refractivity contribution is 4.58. The molecule has 1 unspecified atom stereocenters. The highest BCUT2D eigenvalue weighted by atomic mass is 16.5. The molecule has 1 N–H and O–H groups in total. The van der Waals surface area contributed by atoms with Crippen molar-refractivity contribution in [3.63, 3.8) is 0 Å². The largest absolute Gasteiger partial charge is 0.382 e. The Bertz CT molecular complexity index is 88.9. The van der Waals surface area contributed by atoms with Crippen molar-refractivity contribution in [2.24, 2.45) is 0 Å². The number of hydrogen-bond acceptors (Lipinski definition) is 3. The summed E-state index contributed by atoms with van der Waals surface area (Å²) in [6, 6.07) is 0. The Balaban J connectivity index is 3.28. The third-order valence-corrected chi connectivity index (χ3v) is 1.90. The van der Waals surface area contributed by atoms with Gasteiger partial charge in [-0.2, -0.15) is 0 Å². The van der Waals surface area contributed by atoms with E-state index in [1.807, 2.05) is 0 Å². The number of rotatable bonds is 9. The molecule has 0 spiro atoms. The second kappa shape index (κ2) is 9.96. The summed E-state index contributed by atoms with van der Waals surface area (Å²) < 4.78 is 10.5. The lowest BCUT2D eigenvalue weighted by atomic mass is 10.2. The molecule has 13 heavy (non-hydrogen) atoms. The molecule has 0 aromatic carbocycles. The van der Waals surface area contributed by atoms with Crippen LogP contribution in [-0.2, 0) is 9.47 Å². The average molecular weight is 189 g/mol. The molecule has 3 heteroatoms. The fourth-order valence-corrected chi connectivity index (χ4v) is 1.06. The molecule has 0 rings (SSSR count). The summed E-state index contributed by atoms with van der Waals surface area (Å²) in [6.45, 7) is 7.72. The Kier molecular flexibility index (Phi) is 9.87. The van der Waals surface area contributed by atoms with Gasteiger partial charge in [-0.3, -0.25) is 0 Å². The normalized spacial score (nSPS) is 13.2. The molecule has 0 aromatic rings. The topological polar surface area (TPSA) is 30.5 Å². The predicted octanol–water partition coefficient (Wildman–Crippen LogP) is 1.43. The Labute approximate surface area is 81.8 Å². The van der Waals surface area contributed by atoms with Crippen LogP contribution in [0.4, 0.5) is 0 Å². The molecule has 0 amide bonds. The van der Waals surface area contributed by atoms with Gasteiger partial charge in [-0.1, -0.05) is 13.8 Å². The van der Waals surface area contributed by atoms with E-state index in [4.69, 9.17) is 9.47 Å². The van der Waals surface area contributed by atoms with Crippen LogP contribution in [0.1, 0.15) is 26.7 Å². The Morgan fingerprint density at radius 3 is 2.54 bits per heavy atom. The molecule has 80 valence electrons. The first kappa shape index (κ1) is 12.9. The van der Waals surface area contributed by atoms with E-state index < -0.39 is 0 Å². The second-order valence-corrected chi connectivity index (χ2v) is 3.10. The summed E-state index contributed by atoms with van der Waals surface area (Å²) in [5, 5.41) is 3.35. The summed E-state index contributed by atoms with van der Waals surface area (Å²) >= 11 is 0. The standard InChI is InChI=1S/C10H23NO2/c1-4-6-11-9-10(5-2)13-8-7-12-3/h10-11H,4-9H2,1-3H3. The third kappa shape index (κ3) is 8.22. The maximum Gasteiger partial charge on any atom is 0.0704 e. The van der Waals surface area contributed by atoms with Crippen LogP contribution >= 0.6 is 0 Å². The molecule has 0 radical (unpaired) electrons. The van der Waals surface area contributed by atoms with Crippen molar-refractivity contribution in [2.75, 3.05) is 33.4 Å². The van der Waals surface area contributed by atoms with Crippen molar-refractivity contribution < 1.29 is 9.47 Å². The summed E-state index contributed by atoms with van der Waals surface area (Å²) in [5.74, 6) is 0. The quantitative estimate of drug-likeness (QED) is 0.557. The van der Waals surface area contributed by atoms with E-state index in [9.17, 15) is 0 Å². The van der Waals surface area contributed by atoms with Gasteiger partial charge in [0, 0.05) is 13.7 Å². The molecule has 0 aliphatic heterocycles. The maximum atomic E-state index is 5.59. The molecule has 0 saturated carbocycles. The number of ether oxygens (including phenoxy) is 2. The summed E-state index contributed by atoms with van der Waals surface area (Å²) in [7, 11) is 1.69. The SMILES string of the molecule is CCCNCC(CC)OCCOC. The summed E-state index contributed by atoms with van der Waals surface area (Å²) in [5.41, 5.74) is 0. The zero-order chi connectivity index (χ0) is 9.94. The number of methoxy groups -OCH3 is 1. The Morgan fingerprint density at radius 2 is 2.00 bits per heavy atom. The monoisotopic (exact) mass is 189 g/mol. The van der Waals surface area contributed by atoms with Crippen LogP contribution in [0.2, 0.25) is 0 Å². The first-order valence-electron chi connectivity index (χ1n) is 5.16. The molecule has 0 bridgehead atoms. The van der Waals surface area contributed by atoms with Gasteiger partial charge in [-0.05, 0) is 19.4 Å². The molecule has 0 saturated heterocycles. The van der Waals surface area contributed by atoms with E-state index in [0.717, 1.165) is 19.5 Å². The molecule has 0 fully saturated rings. The van der Waals surface area contributed by atoms with Gasteiger partial charge in [0.1, 0.15) is 0 Å². The Hall–Kier alpha value is -0.120. The van der Waals surface area contributed by atoms with E-state index in [0.29, 0.717) is 19.3 Å². The van der Waals surface area contributed by atoms with Crippen LogP contribution in [-0.4, -0.2) is 39.5 Å². The molecular formula is C10H23NO2. The van der Waals surface area contributed by atoms with Gasteiger partial charge in [-0.25, -0.2) is 0 Å². The van der Waals surface area contributed by atoms with Gasteiger partial charge in [0.05, 0.1) is 19.3 Å². The van der Waals surface area contributed by atoms with Crippen molar-refractivity contribution in [1.29, 1.82) is 0 Å². The van der Waals surface area contributed by atoms with E-state index in [1.54, 1.807) is 7.11 Å². The second-order valence-electron chi connectivity index (χ2n) is 3.10. The Morgan fingerprint density at radius 1 is 1.23 bits per heavy atom. The zero-order valence-electron chi connectivity index (χ0n) is 9.14. The lowest BCUT2D eigenvalue weighted by molar-refractivity contribution is 0.0161. The van der Waals surface area contributed by atoms with Crippen molar-refractivity contribution in [3.05, 3.63) is 0 Å². The van der Waals surface area contributed by atoms with Crippen molar-refractivity contribution >= 4 is 0 Å². The first-order valence-corrected chi connectivity index (χ1v) is 5.16. The fourth-order valence-electron chi connectivity index (χ4n) is 1.06. The van der Waals surface area contributed by atoms with Crippen LogP contribution < -0.4 is 5.32 Å². The minimum absolute atomic E-state index is 0.335. The molecule has 3 nitrogen and oxygen atoms in total. The summed E-state index contributed by atoms with van der Waals surface area (Å²) in [6.07, 6.45) is 2.57. The van der Waals surface area contributed by atoms with Gasteiger partial charge in [-0.15, -0.1) is 0 Å². The van der Waals surface area contributed by atoms with Crippen LogP contribution in [0.3, 0.4) is 0 Å². The minimum atomic E-state index is 0.335. The summed E-state index contributed by atoms with van der Waals surface area (Å²) in [4.78, 5) is 0. The van der Waals surface area contributed by atoms with Gasteiger partial charge >= 0.3 is 0 Å². The average Bonchev–Trinajstić information content (AvgIpc) is 2.16. The lowest BCUT2D eigenvalue weighted by Crippen LogP contribution is -2.30. The molecule has 0 aromatic heterocycles. The highest BCUT2D eigenvalue weighted by Gasteiger charge is 2.04. The van der Waals surface area contributed by atoms with Gasteiger partial charge in [0.15, 0.2) is 0 Å². The van der Waals surface area contributed by atoms with Crippen molar-refractivity contribution in [1.82, 2.24) is 5.32 Å². The first-order chi connectivity index (χ1) is 6.35. The maximum absolute atomic E-state index is 5.59. The van der Waals surface area contributed by atoms with E-state index in [-0.39, 0.29) is 0 Å². The minimum Gasteiger partial charge on any atom is -0.382 e. The fraction of sp³-hybridized carbons (Fsp3) is 1.00. The predicted molar refractivity (Wildman–Crippen MR) is 55.1 cm³/mol. The van der Waals surface area contributed by atoms with Crippen LogP contribution in [0.5, 0.6) is 0 Å². The van der Waals surface area contributed by atoms with E-state index in [2.05, 4.69) is 19.2 Å². The smallest absolute Gasteiger partial charge is 0.0704 e. The van der Waals surface area contributed by atoms with Crippen molar-refractivity contribution in [2.45, 2.75) is 32.8 Å². The van der Waals surface area contributed by atoms with Crippen LogP contribution in [0, 0.1) is 0 Å². The van der Waals surface area contributed by atoms with Gasteiger partial charge in [0.25, 0.3) is 0 Å². The molecule has 0 heterocycles. The van der Waals surface area contributed by atoms with Crippen molar-refractivity contribution in [3.8, 4) is 0 Å². The third-order valence-electron chi connectivity index (χ3n) is 1.90. The van der Waals surface area contributed by atoms with E-state index >= 15 is 0 Å². The van der Waals surface area contributed by atoms with Gasteiger partial charge in [0.2, 0.25) is 0 Å². The molecule has 0 aliphatic carbocycles. The number of nitrogens with one attached hydrogen (secondary N) is 1. The highest BCUT2D eigenvalue weighted by Crippen LogP contribution is 1.96. The van der Waals surface area contributed by atoms with E-state index in [1.165, 1.54) is 6.42 Å². The lowest BCUT2D eigenvalue weighted by Gasteiger charge is -2.16. The van der Waals surface area contributed by atoms with Crippen LogP contribution in [0.25, 0.3) is 0 Å². The zero-order valence-corrected chi connectivity index (χ0v) is 9.14. The molecule has 0 aliphatic rings.